The van der Waals surface area contributed by atoms with Crippen molar-refractivity contribution in [3.05, 3.63) is 102 Å². The predicted octanol–water partition coefficient (Wildman–Crippen LogP) is 5.56. The van der Waals surface area contributed by atoms with Crippen molar-refractivity contribution >= 4 is 22.8 Å². The van der Waals surface area contributed by atoms with Gasteiger partial charge in [-0.1, -0.05) is 37.5 Å². The second-order valence-electron chi connectivity index (χ2n) is 10.7. The zero-order valence-corrected chi connectivity index (χ0v) is 23.2. The molecule has 1 saturated carbocycles. The van der Waals surface area contributed by atoms with Crippen molar-refractivity contribution in [2.75, 3.05) is 0 Å². The van der Waals surface area contributed by atoms with Gasteiger partial charge in [0.1, 0.15) is 23.9 Å². The van der Waals surface area contributed by atoms with Crippen molar-refractivity contribution in [1.29, 1.82) is 0 Å². The Kier molecular flexibility index (Phi) is 7.98. The number of carbonyl (C=O) groups excluding carboxylic acids is 2. The molecule has 5 aromatic rings. The van der Waals surface area contributed by atoms with E-state index in [-0.39, 0.29) is 30.5 Å². The number of phenolic OH excluding ortho intramolecular Hbond substituents is 1. The summed E-state index contributed by atoms with van der Waals surface area (Å²) in [6.45, 7) is 0.239. The number of phenols is 1. The van der Waals surface area contributed by atoms with E-state index in [2.05, 4.69) is 20.2 Å². The van der Waals surface area contributed by atoms with Crippen LogP contribution in [0.4, 0.5) is 0 Å². The molecule has 1 aliphatic rings. The zero-order chi connectivity index (χ0) is 28.9. The quantitative estimate of drug-likeness (QED) is 0.216. The van der Waals surface area contributed by atoms with Crippen LogP contribution in [0.25, 0.3) is 22.4 Å². The van der Waals surface area contributed by atoms with Crippen LogP contribution in [0.1, 0.15) is 59.8 Å². The Balaban J connectivity index is 1.26. The number of aromatic hydroxyl groups is 1. The first-order valence-electron chi connectivity index (χ1n) is 14.4. The SMILES string of the molecule is O=C(N[C@@H](Cc1ccc(O)cc1)C(=O)NCc1ccccn1)c1ccc2c(c1)nc(-c1ccoc1)n2C1CCCCC1. The van der Waals surface area contributed by atoms with Crippen molar-refractivity contribution < 1.29 is 19.1 Å². The third-order valence-electron chi connectivity index (χ3n) is 7.84. The van der Waals surface area contributed by atoms with E-state index in [1.54, 1.807) is 55.1 Å². The van der Waals surface area contributed by atoms with E-state index >= 15 is 0 Å². The highest BCUT2D eigenvalue weighted by Crippen LogP contribution is 2.36. The van der Waals surface area contributed by atoms with Crippen LogP contribution in [0, 0.1) is 0 Å². The molecule has 0 aliphatic heterocycles. The van der Waals surface area contributed by atoms with Crippen molar-refractivity contribution in [2.45, 2.75) is 57.2 Å². The van der Waals surface area contributed by atoms with Gasteiger partial charge in [-0.15, -0.1) is 0 Å². The molecule has 1 aliphatic carbocycles. The summed E-state index contributed by atoms with van der Waals surface area (Å²) < 4.78 is 7.66. The molecule has 0 saturated heterocycles. The van der Waals surface area contributed by atoms with Crippen molar-refractivity contribution in [3.8, 4) is 17.1 Å². The van der Waals surface area contributed by atoms with Crippen LogP contribution in [0.2, 0.25) is 0 Å². The maximum Gasteiger partial charge on any atom is 0.252 e. The summed E-state index contributed by atoms with van der Waals surface area (Å²) in [5.41, 5.74) is 4.54. The standard InChI is InChI=1S/C33H33N5O4/c39-27-12-9-22(10-13-27)18-29(33(41)35-20-25-6-4-5-16-34-25)37-32(40)23-11-14-30-28(19-23)36-31(24-15-17-42-21-24)38(30)26-7-2-1-3-8-26/h4-6,9-17,19,21,26,29,39H,1-3,7-8,18,20H2,(H,35,41)(H,37,40)/t29-/m0/s1. The summed E-state index contributed by atoms with van der Waals surface area (Å²) in [4.78, 5) is 36.0. The number of amides is 2. The lowest BCUT2D eigenvalue weighted by Crippen LogP contribution is -2.47. The van der Waals surface area contributed by atoms with Gasteiger partial charge in [0.05, 0.1) is 35.1 Å². The molecule has 2 aromatic carbocycles. The zero-order valence-electron chi connectivity index (χ0n) is 23.2. The van der Waals surface area contributed by atoms with Crippen LogP contribution < -0.4 is 10.6 Å². The smallest absolute Gasteiger partial charge is 0.252 e. The Morgan fingerprint density at radius 1 is 1.02 bits per heavy atom. The highest BCUT2D eigenvalue weighted by atomic mass is 16.3. The van der Waals surface area contributed by atoms with E-state index in [4.69, 9.17) is 9.40 Å². The number of nitrogens with one attached hydrogen (secondary N) is 2. The van der Waals surface area contributed by atoms with Gasteiger partial charge in [-0.25, -0.2) is 4.98 Å². The normalized spacial score (nSPS) is 14.5. The molecule has 0 spiro atoms. The fourth-order valence-corrected chi connectivity index (χ4v) is 5.67. The molecular weight excluding hydrogens is 530 g/mol. The van der Waals surface area contributed by atoms with Gasteiger partial charge < -0.3 is 24.7 Å². The molecule has 2 amide bonds. The lowest BCUT2D eigenvalue weighted by molar-refractivity contribution is -0.123. The minimum absolute atomic E-state index is 0.134. The number of pyridine rings is 1. The van der Waals surface area contributed by atoms with Crippen LogP contribution in [0.15, 0.2) is 89.9 Å². The van der Waals surface area contributed by atoms with Gasteiger partial charge in [-0.05, 0) is 66.9 Å². The summed E-state index contributed by atoms with van der Waals surface area (Å²) in [5.74, 6) is 0.273. The lowest BCUT2D eigenvalue weighted by Gasteiger charge is -2.25. The summed E-state index contributed by atoms with van der Waals surface area (Å²) >= 11 is 0. The fraction of sp³-hybridized carbons (Fsp3) is 0.273. The minimum Gasteiger partial charge on any atom is -0.508 e. The van der Waals surface area contributed by atoms with Gasteiger partial charge in [0.2, 0.25) is 5.91 Å². The maximum absolute atomic E-state index is 13.6. The number of aromatic nitrogens is 3. The number of furan rings is 1. The number of nitrogens with zero attached hydrogens (tertiary/aromatic N) is 3. The van der Waals surface area contributed by atoms with E-state index in [0.717, 1.165) is 40.8 Å². The minimum atomic E-state index is -0.845. The van der Waals surface area contributed by atoms with Crippen LogP contribution in [0.3, 0.4) is 0 Å². The fourth-order valence-electron chi connectivity index (χ4n) is 5.67. The predicted molar refractivity (Wildman–Crippen MR) is 159 cm³/mol. The highest BCUT2D eigenvalue weighted by Gasteiger charge is 2.25. The van der Waals surface area contributed by atoms with Crippen LogP contribution in [-0.2, 0) is 17.8 Å². The number of hydrogen-bond acceptors (Lipinski definition) is 6. The van der Waals surface area contributed by atoms with E-state index in [9.17, 15) is 14.7 Å². The van der Waals surface area contributed by atoms with Gasteiger partial charge in [0, 0.05) is 24.2 Å². The number of fused-ring (bicyclic) bond motifs is 1. The van der Waals surface area contributed by atoms with Gasteiger partial charge in [-0.2, -0.15) is 0 Å². The molecule has 214 valence electrons. The van der Waals surface area contributed by atoms with Crippen LogP contribution in [-0.4, -0.2) is 37.5 Å². The van der Waals surface area contributed by atoms with E-state index < -0.39 is 6.04 Å². The van der Waals surface area contributed by atoms with Crippen molar-refractivity contribution in [2.24, 2.45) is 0 Å². The van der Waals surface area contributed by atoms with E-state index in [0.29, 0.717) is 17.3 Å². The van der Waals surface area contributed by atoms with E-state index in [1.165, 1.54) is 19.3 Å². The molecule has 3 N–H and O–H groups in total. The van der Waals surface area contributed by atoms with Crippen LogP contribution in [0.5, 0.6) is 5.75 Å². The molecule has 0 unspecified atom stereocenters. The lowest BCUT2D eigenvalue weighted by atomic mass is 9.95. The highest BCUT2D eigenvalue weighted by molar-refractivity contribution is 6.00. The first kappa shape index (κ1) is 27.3. The third kappa shape index (κ3) is 6.05. The number of imidazole rings is 1. The van der Waals surface area contributed by atoms with Crippen LogP contribution >= 0.6 is 0 Å². The summed E-state index contributed by atoms with van der Waals surface area (Å²) in [7, 11) is 0. The molecule has 0 bridgehead atoms. The monoisotopic (exact) mass is 563 g/mol. The van der Waals surface area contributed by atoms with Gasteiger partial charge >= 0.3 is 0 Å². The van der Waals surface area contributed by atoms with E-state index in [1.807, 2.05) is 30.3 Å². The van der Waals surface area contributed by atoms with Gasteiger partial charge in [0.25, 0.3) is 5.91 Å². The molecule has 3 aromatic heterocycles. The largest absolute Gasteiger partial charge is 0.508 e. The Morgan fingerprint density at radius 2 is 1.86 bits per heavy atom. The summed E-state index contributed by atoms with van der Waals surface area (Å²) in [6, 6.07) is 19.0. The number of carbonyl (C=O) groups is 2. The average molecular weight is 564 g/mol. The first-order valence-corrected chi connectivity index (χ1v) is 14.4. The molecule has 42 heavy (non-hydrogen) atoms. The summed E-state index contributed by atoms with van der Waals surface area (Å²) in [6.07, 6.45) is 11.0. The second kappa shape index (κ2) is 12.3. The molecule has 1 atom stereocenters. The molecule has 9 nitrogen and oxygen atoms in total. The number of hydrogen-bond donors (Lipinski definition) is 3. The number of benzene rings is 2. The molecule has 1 fully saturated rings. The average Bonchev–Trinajstić information content (AvgIpc) is 3.69. The van der Waals surface area contributed by atoms with Crippen molar-refractivity contribution in [3.63, 3.8) is 0 Å². The summed E-state index contributed by atoms with van der Waals surface area (Å²) in [5, 5.41) is 15.5. The Labute approximate surface area is 243 Å². The Bertz CT molecular complexity index is 1660. The molecule has 3 heterocycles. The number of rotatable bonds is 9. The maximum atomic E-state index is 13.6. The topological polar surface area (TPSA) is 122 Å². The molecule has 6 rings (SSSR count). The molecule has 9 heteroatoms. The molecule has 0 radical (unpaired) electrons. The third-order valence-corrected chi connectivity index (χ3v) is 7.84. The first-order chi connectivity index (χ1) is 20.5. The second-order valence-corrected chi connectivity index (χ2v) is 10.7. The Hall–Kier alpha value is -4.92. The Morgan fingerprint density at radius 3 is 2.60 bits per heavy atom. The van der Waals surface area contributed by atoms with Crippen molar-refractivity contribution in [1.82, 2.24) is 25.2 Å². The van der Waals surface area contributed by atoms with Gasteiger partial charge in [-0.3, -0.25) is 14.6 Å². The molecular formula is C33H33N5O4. The van der Waals surface area contributed by atoms with Gasteiger partial charge in [0.15, 0.2) is 0 Å².